The van der Waals surface area contributed by atoms with Crippen molar-refractivity contribution in [2.24, 2.45) is 11.8 Å². The molecule has 0 spiro atoms. The molecule has 5 heterocycles. The molecular formula is C33H40F3N7O2S2. The SMILES string of the molecule is CCc1nc(NC2CCN(Cc3ccc4c(cc(C#N)n4CC(C)C4CCS(=O)(=O)NC4)c3C)CC2)c2cc(CC(F)(F)F)sc2n1. The van der Waals surface area contributed by atoms with E-state index in [4.69, 9.17) is 0 Å². The standard InChI is InChI=1S/C33H40F3N7O2S2/c1-4-30-40-31(28-14-26(15-33(34,35)36)46-32(28)41-30)39-24-7-10-42(11-8-24)19-23-5-6-29-27(21(23)3)13-25(16-37)43(29)18-20(2)22-9-12-47(44,45)38-17-22/h5-6,13-14,20,22,24,38H,4,7-12,15,17-19H2,1-3H3,(H,39,40,41). The molecule has 0 saturated carbocycles. The molecule has 6 rings (SSSR count). The fraction of sp³-hybridized carbons (Fsp3) is 0.545. The summed E-state index contributed by atoms with van der Waals surface area (Å²) in [5.74, 6) is 1.79. The van der Waals surface area contributed by atoms with Crippen molar-refractivity contribution in [3.8, 4) is 6.07 Å². The first-order valence-electron chi connectivity index (χ1n) is 16.2. The summed E-state index contributed by atoms with van der Waals surface area (Å²) in [6, 6.07) is 10.3. The summed E-state index contributed by atoms with van der Waals surface area (Å²) in [7, 11) is -3.17. The van der Waals surface area contributed by atoms with Gasteiger partial charge in [0.25, 0.3) is 0 Å². The third-order valence-electron chi connectivity index (χ3n) is 9.68. The first kappa shape index (κ1) is 33.6. The summed E-state index contributed by atoms with van der Waals surface area (Å²) < 4.78 is 67.6. The van der Waals surface area contributed by atoms with Crippen molar-refractivity contribution in [1.82, 2.24) is 24.2 Å². The third-order valence-corrected chi connectivity index (χ3v) is 12.1. The Morgan fingerprint density at radius 3 is 2.60 bits per heavy atom. The number of alkyl halides is 3. The van der Waals surface area contributed by atoms with Crippen molar-refractivity contribution >= 4 is 48.3 Å². The van der Waals surface area contributed by atoms with E-state index in [0.717, 1.165) is 60.3 Å². The molecular weight excluding hydrogens is 648 g/mol. The molecule has 2 atom stereocenters. The molecule has 4 aromatic rings. The predicted molar refractivity (Wildman–Crippen MR) is 179 cm³/mol. The van der Waals surface area contributed by atoms with E-state index in [9.17, 15) is 26.9 Å². The topological polar surface area (TPSA) is 116 Å². The summed E-state index contributed by atoms with van der Waals surface area (Å²) in [6.07, 6.45) is -2.27. The lowest BCUT2D eigenvalue weighted by molar-refractivity contribution is -0.126. The summed E-state index contributed by atoms with van der Waals surface area (Å²) in [6.45, 7) is 9.75. The van der Waals surface area contributed by atoms with Crippen LogP contribution < -0.4 is 10.0 Å². The number of halogens is 3. The second-order valence-corrected chi connectivity index (χ2v) is 16.0. The van der Waals surface area contributed by atoms with Gasteiger partial charge in [-0.25, -0.2) is 23.1 Å². The number of aromatic nitrogens is 3. The molecule has 47 heavy (non-hydrogen) atoms. The van der Waals surface area contributed by atoms with E-state index < -0.39 is 22.6 Å². The number of nitriles is 1. The molecule has 1 aromatic carbocycles. The van der Waals surface area contributed by atoms with Gasteiger partial charge in [-0.3, -0.25) is 4.90 Å². The van der Waals surface area contributed by atoms with Crippen LogP contribution in [0.4, 0.5) is 19.0 Å². The first-order valence-corrected chi connectivity index (χ1v) is 18.6. The third kappa shape index (κ3) is 7.58. The van der Waals surface area contributed by atoms with Gasteiger partial charge in [0.2, 0.25) is 10.0 Å². The van der Waals surface area contributed by atoms with Crippen molar-refractivity contribution in [1.29, 1.82) is 5.26 Å². The number of piperidine rings is 1. The molecule has 0 amide bonds. The van der Waals surface area contributed by atoms with Gasteiger partial charge in [-0.05, 0) is 67.3 Å². The van der Waals surface area contributed by atoms with Crippen LogP contribution in [0.15, 0.2) is 24.3 Å². The van der Waals surface area contributed by atoms with Crippen molar-refractivity contribution in [2.45, 2.75) is 78.2 Å². The normalized spacial score (nSPS) is 20.1. The van der Waals surface area contributed by atoms with Crippen LogP contribution in [0.5, 0.6) is 0 Å². The van der Waals surface area contributed by atoms with Crippen molar-refractivity contribution in [2.75, 3.05) is 30.7 Å². The molecule has 14 heteroatoms. The molecule has 2 N–H and O–H groups in total. The number of sulfonamides is 1. The van der Waals surface area contributed by atoms with E-state index in [1.165, 1.54) is 5.56 Å². The average Bonchev–Trinajstić information content (AvgIpc) is 3.59. The summed E-state index contributed by atoms with van der Waals surface area (Å²) in [5, 5.41) is 15.2. The molecule has 252 valence electrons. The molecule has 2 saturated heterocycles. The molecule has 2 unspecified atom stereocenters. The Morgan fingerprint density at radius 1 is 1.17 bits per heavy atom. The molecule has 9 nitrogen and oxygen atoms in total. The number of hydrogen-bond acceptors (Lipinski definition) is 8. The maximum Gasteiger partial charge on any atom is 0.393 e. The van der Waals surface area contributed by atoms with E-state index in [-0.39, 0.29) is 28.5 Å². The molecule has 0 bridgehead atoms. The Bertz CT molecular complexity index is 1910. The van der Waals surface area contributed by atoms with Crippen LogP contribution in [0.2, 0.25) is 0 Å². The second-order valence-electron chi connectivity index (χ2n) is 13.0. The number of hydrogen-bond donors (Lipinski definition) is 2. The van der Waals surface area contributed by atoms with Gasteiger partial charge >= 0.3 is 6.18 Å². The maximum atomic E-state index is 13.1. The molecule has 0 radical (unpaired) electrons. The van der Waals surface area contributed by atoms with Gasteiger partial charge in [0.15, 0.2) is 0 Å². The highest BCUT2D eigenvalue weighted by Crippen LogP contribution is 2.34. The lowest BCUT2D eigenvalue weighted by Gasteiger charge is -2.33. The molecule has 2 fully saturated rings. The maximum absolute atomic E-state index is 13.1. The zero-order chi connectivity index (χ0) is 33.5. The molecule has 2 aliphatic rings. The number of nitrogens with zero attached hydrogens (tertiary/aromatic N) is 5. The van der Waals surface area contributed by atoms with E-state index >= 15 is 0 Å². The van der Waals surface area contributed by atoms with Crippen LogP contribution in [-0.2, 0) is 36.0 Å². The largest absolute Gasteiger partial charge is 0.393 e. The smallest absolute Gasteiger partial charge is 0.367 e. The number of thiophene rings is 1. The quantitative estimate of drug-likeness (QED) is 0.217. The molecule has 3 aromatic heterocycles. The summed E-state index contributed by atoms with van der Waals surface area (Å²) in [5.41, 5.74) is 3.99. The number of fused-ring (bicyclic) bond motifs is 2. The summed E-state index contributed by atoms with van der Waals surface area (Å²) in [4.78, 5) is 12.4. The van der Waals surface area contributed by atoms with Gasteiger partial charge in [0.05, 0.1) is 17.6 Å². The number of benzene rings is 1. The zero-order valence-corrected chi connectivity index (χ0v) is 28.5. The van der Waals surface area contributed by atoms with Gasteiger partial charge in [-0.1, -0.05) is 19.9 Å². The monoisotopic (exact) mass is 687 g/mol. The van der Waals surface area contributed by atoms with Crippen molar-refractivity contribution in [3.63, 3.8) is 0 Å². The van der Waals surface area contributed by atoms with Crippen molar-refractivity contribution in [3.05, 3.63) is 51.8 Å². The number of aryl methyl sites for hydroxylation is 2. The van der Waals surface area contributed by atoms with Gasteiger partial charge in [0, 0.05) is 61.0 Å². The Labute approximate surface area is 277 Å². The van der Waals surface area contributed by atoms with Gasteiger partial charge in [-0.15, -0.1) is 11.3 Å². The minimum absolute atomic E-state index is 0.139. The van der Waals surface area contributed by atoms with Crippen LogP contribution in [0.3, 0.4) is 0 Å². The second kappa shape index (κ2) is 13.3. The fourth-order valence-electron chi connectivity index (χ4n) is 6.86. The van der Waals surface area contributed by atoms with Crippen LogP contribution >= 0.6 is 11.3 Å². The summed E-state index contributed by atoms with van der Waals surface area (Å²) >= 11 is 1.09. The Morgan fingerprint density at radius 2 is 1.94 bits per heavy atom. The van der Waals surface area contributed by atoms with E-state index in [1.54, 1.807) is 6.07 Å². The van der Waals surface area contributed by atoms with E-state index in [0.29, 0.717) is 53.5 Å². The van der Waals surface area contributed by atoms with Crippen LogP contribution in [-0.4, -0.2) is 65.5 Å². The highest BCUT2D eigenvalue weighted by atomic mass is 32.2. The Balaban J connectivity index is 1.11. The number of nitrogens with one attached hydrogen (secondary N) is 2. The fourth-order valence-corrected chi connectivity index (χ4v) is 9.16. The number of likely N-dealkylation sites (tertiary alicyclic amines) is 1. The first-order chi connectivity index (χ1) is 22.3. The minimum Gasteiger partial charge on any atom is -0.367 e. The lowest BCUT2D eigenvalue weighted by Crippen LogP contribution is -2.40. The van der Waals surface area contributed by atoms with E-state index in [2.05, 4.69) is 61.5 Å². The van der Waals surface area contributed by atoms with Crippen LogP contribution in [0, 0.1) is 30.1 Å². The Hall–Kier alpha value is -3.25. The lowest BCUT2D eigenvalue weighted by atomic mass is 9.91. The van der Waals surface area contributed by atoms with Gasteiger partial charge in [0.1, 0.15) is 28.2 Å². The zero-order valence-electron chi connectivity index (χ0n) is 26.8. The molecule has 2 aliphatic heterocycles. The Kier molecular flexibility index (Phi) is 9.55. The highest BCUT2D eigenvalue weighted by Gasteiger charge is 2.30. The predicted octanol–water partition coefficient (Wildman–Crippen LogP) is 6.15. The number of anilines is 1. The van der Waals surface area contributed by atoms with Gasteiger partial charge in [-0.2, -0.15) is 18.4 Å². The van der Waals surface area contributed by atoms with Crippen LogP contribution in [0.25, 0.3) is 21.1 Å². The highest BCUT2D eigenvalue weighted by molar-refractivity contribution is 7.89. The van der Waals surface area contributed by atoms with Crippen molar-refractivity contribution < 1.29 is 21.6 Å². The molecule has 0 aliphatic carbocycles. The average molecular weight is 688 g/mol. The van der Waals surface area contributed by atoms with Crippen LogP contribution in [0.1, 0.15) is 60.6 Å². The minimum atomic E-state index is -4.27. The number of rotatable bonds is 9. The van der Waals surface area contributed by atoms with Gasteiger partial charge < -0.3 is 9.88 Å². The van der Waals surface area contributed by atoms with E-state index in [1.807, 2.05) is 13.0 Å².